The van der Waals surface area contributed by atoms with Crippen molar-refractivity contribution < 1.29 is 9.18 Å². The highest BCUT2D eigenvalue weighted by Gasteiger charge is 2.24. The van der Waals surface area contributed by atoms with Crippen molar-refractivity contribution in [2.45, 2.75) is 6.54 Å². The Hall–Kier alpha value is -3.37. The highest BCUT2D eigenvalue weighted by atomic mass is 35.5. The molecule has 0 bridgehead atoms. The molecule has 1 N–H and O–H groups in total. The number of nitrogens with zero attached hydrogens (tertiary/aromatic N) is 1. The van der Waals surface area contributed by atoms with Gasteiger partial charge in [-0.2, -0.15) is 0 Å². The van der Waals surface area contributed by atoms with E-state index in [0.717, 1.165) is 33.3 Å². The van der Waals surface area contributed by atoms with Gasteiger partial charge in [0.2, 0.25) is 0 Å². The van der Waals surface area contributed by atoms with Gasteiger partial charge in [-0.1, -0.05) is 48.0 Å². The molecule has 1 aromatic heterocycles. The number of carbonyl (C=O) groups excluding carboxylic acids is 1. The largest absolute Gasteiger partial charge is 0.342 e. The number of hydrogen-bond acceptors (Lipinski definition) is 1. The van der Waals surface area contributed by atoms with E-state index in [1.807, 2.05) is 48.7 Å². The van der Waals surface area contributed by atoms with Crippen molar-refractivity contribution in [2.75, 3.05) is 5.32 Å². The molecule has 1 aliphatic heterocycles. The molecule has 3 nitrogen and oxygen atoms in total. The van der Waals surface area contributed by atoms with Gasteiger partial charge in [-0.3, -0.25) is 4.79 Å². The molecule has 0 unspecified atom stereocenters. The molecule has 1 aliphatic rings. The van der Waals surface area contributed by atoms with Crippen molar-refractivity contribution in [1.29, 1.82) is 0 Å². The molecular weight excluding hydrogens is 387 g/mol. The van der Waals surface area contributed by atoms with Crippen molar-refractivity contribution in [2.24, 2.45) is 0 Å². The number of fused-ring (bicyclic) bond motifs is 2. The Labute approximate surface area is 172 Å². The van der Waals surface area contributed by atoms with E-state index in [0.29, 0.717) is 17.1 Å². The van der Waals surface area contributed by atoms with E-state index in [4.69, 9.17) is 11.6 Å². The average molecular weight is 403 g/mol. The van der Waals surface area contributed by atoms with Crippen molar-refractivity contribution in [3.05, 3.63) is 100 Å². The van der Waals surface area contributed by atoms with Gasteiger partial charge >= 0.3 is 0 Å². The number of halogens is 2. The van der Waals surface area contributed by atoms with Gasteiger partial charge in [0.25, 0.3) is 5.91 Å². The Morgan fingerprint density at radius 2 is 1.90 bits per heavy atom. The third kappa shape index (κ3) is 3.22. The number of rotatable bonds is 3. The van der Waals surface area contributed by atoms with Crippen LogP contribution in [0.25, 0.3) is 22.6 Å². The maximum atomic E-state index is 13.6. The number of aromatic nitrogens is 1. The molecule has 5 heteroatoms. The van der Waals surface area contributed by atoms with E-state index in [1.165, 1.54) is 12.1 Å². The maximum Gasteiger partial charge on any atom is 0.256 e. The predicted molar refractivity (Wildman–Crippen MR) is 115 cm³/mol. The van der Waals surface area contributed by atoms with E-state index in [1.54, 1.807) is 18.2 Å². The fourth-order valence-corrected chi connectivity index (χ4v) is 3.99. The van der Waals surface area contributed by atoms with Gasteiger partial charge < -0.3 is 9.88 Å². The van der Waals surface area contributed by atoms with E-state index in [9.17, 15) is 9.18 Å². The van der Waals surface area contributed by atoms with Crippen molar-refractivity contribution in [1.82, 2.24) is 4.57 Å². The number of para-hydroxylation sites is 1. The second kappa shape index (κ2) is 6.90. The number of benzene rings is 3. The molecule has 3 aromatic carbocycles. The lowest BCUT2D eigenvalue weighted by Gasteiger charge is -2.05. The molecule has 0 spiro atoms. The summed E-state index contributed by atoms with van der Waals surface area (Å²) in [6, 6.07) is 20.0. The summed E-state index contributed by atoms with van der Waals surface area (Å²) in [6.45, 7) is 0.542. The Bertz CT molecular complexity index is 1310. The van der Waals surface area contributed by atoms with E-state index in [-0.39, 0.29) is 11.7 Å². The topological polar surface area (TPSA) is 34.0 Å². The van der Waals surface area contributed by atoms with Gasteiger partial charge in [0, 0.05) is 45.4 Å². The summed E-state index contributed by atoms with van der Waals surface area (Å²) in [6.07, 6.45) is 3.91. The number of hydrogen-bond donors (Lipinski definition) is 1. The van der Waals surface area contributed by atoms with E-state index >= 15 is 0 Å². The lowest BCUT2D eigenvalue weighted by Crippen LogP contribution is -2.03. The molecule has 0 radical (unpaired) electrons. The first-order valence-corrected chi connectivity index (χ1v) is 9.61. The highest BCUT2D eigenvalue weighted by molar-refractivity contribution is 6.36. The minimum Gasteiger partial charge on any atom is -0.342 e. The molecule has 0 saturated heterocycles. The smallest absolute Gasteiger partial charge is 0.256 e. The first kappa shape index (κ1) is 17.7. The summed E-state index contributed by atoms with van der Waals surface area (Å²) < 4.78 is 15.7. The van der Waals surface area contributed by atoms with Crippen molar-refractivity contribution in [3.63, 3.8) is 0 Å². The zero-order chi connectivity index (χ0) is 20.0. The average Bonchev–Trinajstić information content (AvgIpc) is 3.19. The molecular formula is C24H16ClFN2O. The molecule has 5 rings (SSSR count). The summed E-state index contributed by atoms with van der Waals surface area (Å²) in [5.74, 6) is -0.400. The molecule has 142 valence electrons. The van der Waals surface area contributed by atoms with Crippen LogP contribution in [0.4, 0.5) is 10.1 Å². The summed E-state index contributed by atoms with van der Waals surface area (Å²) in [4.78, 5) is 12.5. The van der Waals surface area contributed by atoms with Crippen molar-refractivity contribution in [3.8, 4) is 0 Å². The monoisotopic (exact) mass is 402 g/mol. The third-order valence-corrected chi connectivity index (χ3v) is 5.36. The second-order valence-corrected chi connectivity index (χ2v) is 7.50. The van der Waals surface area contributed by atoms with E-state index in [2.05, 4.69) is 9.88 Å². The molecule has 1 amide bonds. The third-order valence-electron chi connectivity index (χ3n) is 5.13. The van der Waals surface area contributed by atoms with Crippen LogP contribution >= 0.6 is 11.6 Å². The summed E-state index contributed by atoms with van der Waals surface area (Å²) in [5, 5.41) is 4.48. The van der Waals surface area contributed by atoms with Gasteiger partial charge in [0.1, 0.15) is 5.82 Å². The fraction of sp³-hybridized carbons (Fsp3) is 0.0417. The van der Waals surface area contributed by atoms with Gasteiger partial charge in [-0.15, -0.1) is 0 Å². The minimum atomic E-state index is -0.251. The maximum absolute atomic E-state index is 13.6. The first-order valence-electron chi connectivity index (χ1n) is 9.24. The van der Waals surface area contributed by atoms with Crippen LogP contribution in [0, 0.1) is 5.82 Å². The molecule has 0 atom stereocenters. The summed E-state index contributed by atoms with van der Waals surface area (Å²) >= 11 is 6.05. The zero-order valence-electron chi connectivity index (χ0n) is 15.3. The summed E-state index contributed by atoms with van der Waals surface area (Å²) in [5.41, 5.74) is 5.00. The minimum absolute atomic E-state index is 0.149. The Morgan fingerprint density at radius 1 is 1.03 bits per heavy atom. The van der Waals surface area contributed by atoms with Gasteiger partial charge in [0.05, 0.1) is 5.69 Å². The first-order chi connectivity index (χ1) is 14.1. The molecule has 0 saturated carbocycles. The van der Waals surface area contributed by atoms with Crippen LogP contribution in [0.1, 0.15) is 16.7 Å². The number of carbonyl (C=O) groups is 1. The standard InChI is InChI=1S/C24H16ClFN2O/c25-17-8-9-20-21(24(29)27-22(20)12-17)11-16-14-28(23-7-2-1-6-19(16)23)13-15-4-3-5-18(26)10-15/h1-12,14H,13H2,(H,27,29)/b21-11+. The van der Waals surface area contributed by atoms with Crippen LogP contribution in [-0.2, 0) is 11.3 Å². The quantitative estimate of drug-likeness (QED) is 0.420. The summed E-state index contributed by atoms with van der Waals surface area (Å²) in [7, 11) is 0. The molecule has 0 fully saturated rings. The van der Waals surface area contributed by atoms with E-state index < -0.39 is 0 Å². The van der Waals surface area contributed by atoms with Gasteiger partial charge in [0.15, 0.2) is 0 Å². The number of anilines is 1. The lowest BCUT2D eigenvalue weighted by atomic mass is 10.0. The molecule has 29 heavy (non-hydrogen) atoms. The molecule has 2 heterocycles. The lowest BCUT2D eigenvalue weighted by molar-refractivity contribution is -0.110. The fourth-order valence-electron chi connectivity index (χ4n) is 3.82. The number of amides is 1. The van der Waals surface area contributed by atoms with Crippen LogP contribution in [0.15, 0.2) is 72.9 Å². The van der Waals surface area contributed by atoms with Gasteiger partial charge in [-0.05, 0) is 42.0 Å². The number of nitrogens with one attached hydrogen (secondary N) is 1. The van der Waals surface area contributed by atoms with Crippen molar-refractivity contribution >= 4 is 45.7 Å². The predicted octanol–water partition coefficient (Wildman–Crippen LogP) is 5.97. The van der Waals surface area contributed by atoms with Gasteiger partial charge in [-0.25, -0.2) is 4.39 Å². The Balaban J connectivity index is 1.62. The second-order valence-electron chi connectivity index (χ2n) is 7.06. The zero-order valence-corrected chi connectivity index (χ0v) is 16.1. The van der Waals surface area contributed by atoms with Crippen LogP contribution in [0.2, 0.25) is 5.02 Å². The SMILES string of the molecule is O=C1Nc2cc(Cl)ccc2/C1=C\c1cn(Cc2cccc(F)c2)c2ccccc12. The van der Waals surface area contributed by atoms with Crippen LogP contribution < -0.4 is 5.32 Å². The normalized spacial score (nSPS) is 14.4. The van der Waals surface area contributed by atoms with Crippen LogP contribution in [0.3, 0.4) is 0 Å². The Morgan fingerprint density at radius 3 is 2.76 bits per heavy atom. The van der Waals surface area contributed by atoms with Crippen LogP contribution in [-0.4, -0.2) is 10.5 Å². The van der Waals surface area contributed by atoms with Crippen LogP contribution in [0.5, 0.6) is 0 Å². The Kier molecular flexibility index (Phi) is 4.22. The molecule has 0 aliphatic carbocycles. The highest BCUT2D eigenvalue weighted by Crippen LogP contribution is 2.36. The molecule has 4 aromatic rings.